The maximum absolute atomic E-state index is 9.81. The second kappa shape index (κ2) is 7.58. The number of imidazole rings is 1. The van der Waals surface area contributed by atoms with Gasteiger partial charge in [0.2, 0.25) is 6.79 Å². The Bertz CT molecular complexity index is 1500. The van der Waals surface area contributed by atoms with Crippen molar-refractivity contribution in [3.8, 4) is 5.75 Å². The van der Waals surface area contributed by atoms with E-state index in [4.69, 9.17) is 14.2 Å². The summed E-state index contributed by atoms with van der Waals surface area (Å²) in [4.78, 5) is 7.65. The number of benzene rings is 2. The predicted molar refractivity (Wildman–Crippen MR) is 131 cm³/mol. The van der Waals surface area contributed by atoms with E-state index in [0.29, 0.717) is 0 Å². The highest BCUT2D eigenvalue weighted by molar-refractivity contribution is 5.86. The quantitative estimate of drug-likeness (QED) is 0.453. The fourth-order valence-electron chi connectivity index (χ4n) is 6.35. The molecule has 0 amide bonds. The Morgan fingerprint density at radius 1 is 1.17 bits per heavy atom. The number of aromatic amines is 1. The van der Waals surface area contributed by atoms with Crippen LogP contribution in [0.2, 0.25) is 0 Å². The Hall–Kier alpha value is -3.84. The molecule has 2 aromatic carbocycles. The fourth-order valence-corrected chi connectivity index (χ4v) is 6.35. The molecule has 176 valence electrons. The lowest BCUT2D eigenvalue weighted by atomic mass is 9.65. The fraction of sp³-hybridized carbons (Fsp3) is 0.286. The molecule has 2 aliphatic carbocycles. The molecule has 0 saturated carbocycles. The summed E-state index contributed by atoms with van der Waals surface area (Å²) in [5.41, 5.74) is 7.25. The Morgan fingerprint density at radius 2 is 2.06 bits per heavy atom. The Morgan fingerprint density at radius 3 is 2.91 bits per heavy atom. The highest BCUT2D eigenvalue weighted by Crippen LogP contribution is 2.51. The minimum atomic E-state index is -0.0522. The van der Waals surface area contributed by atoms with Gasteiger partial charge < -0.3 is 24.3 Å². The number of hydrogen-bond acceptors (Lipinski definition) is 5. The highest BCUT2D eigenvalue weighted by Gasteiger charge is 2.50. The number of rotatable bonds is 3. The van der Waals surface area contributed by atoms with E-state index in [1.54, 1.807) is 13.4 Å². The zero-order chi connectivity index (χ0) is 23.7. The Balaban J connectivity index is 1.39. The number of nitrogens with one attached hydrogen (secondary N) is 1. The van der Waals surface area contributed by atoms with Crippen molar-refractivity contribution < 1.29 is 23.9 Å². The topological polar surface area (TPSA) is 79.6 Å². The summed E-state index contributed by atoms with van der Waals surface area (Å²) in [6, 6.07) is 10.6. The van der Waals surface area contributed by atoms with Gasteiger partial charge in [-0.3, -0.25) is 0 Å². The molecule has 2 N–H and O–H groups in total. The first kappa shape index (κ1) is 20.5. The van der Waals surface area contributed by atoms with Gasteiger partial charge in [-0.2, -0.15) is 0 Å². The van der Waals surface area contributed by atoms with E-state index >= 15 is 0 Å². The molecule has 35 heavy (non-hydrogen) atoms. The first-order valence-corrected chi connectivity index (χ1v) is 11.9. The van der Waals surface area contributed by atoms with Crippen LogP contribution in [-0.2, 0) is 16.1 Å². The van der Waals surface area contributed by atoms with E-state index in [9.17, 15) is 5.11 Å². The molecule has 7 rings (SSSR count). The molecule has 1 aromatic heterocycles. The molecule has 3 aromatic rings. The minimum absolute atomic E-state index is 0.0522. The number of H-pyrrole nitrogens is 1. The summed E-state index contributed by atoms with van der Waals surface area (Å²) >= 11 is 0. The van der Waals surface area contributed by atoms with E-state index < -0.39 is 0 Å². The molecule has 1 fully saturated rings. The Kier molecular flexibility index (Phi) is 4.45. The molecular weight excluding hydrogens is 442 g/mol. The molecule has 3 heterocycles. The van der Waals surface area contributed by atoms with E-state index in [1.807, 2.05) is 6.07 Å². The van der Waals surface area contributed by atoms with Gasteiger partial charge in [0.15, 0.2) is 23.8 Å². The zero-order valence-electron chi connectivity index (χ0n) is 19.6. The van der Waals surface area contributed by atoms with E-state index in [0.717, 1.165) is 50.6 Å². The summed E-state index contributed by atoms with van der Waals surface area (Å²) < 4.78 is 20.0. The van der Waals surface area contributed by atoms with Crippen molar-refractivity contribution >= 4 is 22.8 Å². The Labute approximate surface area is 202 Å². The maximum Gasteiger partial charge on any atom is 0.231 e. The number of fused-ring (bicyclic) bond motifs is 7. The SMILES string of the molecule is COc1c(CO)ccc2c1C=[N+](C)C1C2C=CC2C(c3ccc4[nH]cnc4c3)=C3OCOC3=CC21. The van der Waals surface area contributed by atoms with Gasteiger partial charge in [-0.25, -0.2) is 9.56 Å². The molecule has 4 aliphatic rings. The van der Waals surface area contributed by atoms with Gasteiger partial charge in [-0.05, 0) is 29.3 Å². The third kappa shape index (κ3) is 2.88. The van der Waals surface area contributed by atoms with E-state index in [2.05, 4.69) is 70.3 Å². The molecule has 0 radical (unpaired) electrons. The third-order valence-electron chi connectivity index (χ3n) is 7.85. The first-order chi connectivity index (χ1) is 17.2. The van der Waals surface area contributed by atoms with Gasteiger partial charge in [0.25, 0.3) is 0 Å². The van der Waals surface area contributed by atoms with Crippen LogP contribution in [0.1, 0.15) is 28.2 Å². The molecule has 7 heteroatoms. The van der Waals surface area contributed by atoms with Gasteiger partial charge in [-0.1, -0.05) is 30.4 Å². The molecule has 0 spiro atoms. The molecule has 2 aliphatic heterocycles. The molecule has 1 saturated heterocycles. The van der Waals surface area contributed by atoms with Crippen LogP contribution in [0.5, 0.6) is 5.75 Å². The first-order valence-electron chi connectivity index (χ1n) is 11.9. The minimum Gasteiger partial charge on any atom is -0.496 e. The normalized spacial score (nSPS) is 26.1. The van der Waals surface area contributed by atoms with Crippen LogP contribution in [0.4, 0.5) is 0 Å². The van der Waals surface area contributed by atoms with Crippen LogP contribution in [-0.4, -0.2) is 52.9 Å². The van der Waals surface area contributed by atoms with Gasteiger partial charge in [0.1, 0.15) is 12.8 Å². The zero-order valence-corrected chi connectivity index (χ0v) is 19.6. The van der Waals surface area contributed by atoms with Crippen LogP contribution >= 0.6 is 0 Å². The van der Waals surface area contributed by atoms with Crippen LogP contribution in [0, 0.1) is 11.8 Å². The second-order valence-electron chi connectivity index (χ2n) is 9.53. The van der Waals surface area contributed by atoms with E-state index in [-0.39, 0.29) is 37.2 Å². The lowest BCUT2D eigenvalue weighted by molar-refractivity contribution is -0.546. The van der Waals surface area contributed by atoms with Crippen molar-refractivity contribution in [2.75, 3.05) is 21.0 Å². The van der Waals surface area contributed by atoms with Crippen molar-refractivity contribution in [3.05, 3.63) is 88.7 Å². The molecular formula is C28H26N3O4+. The van der Waals surface area contributed by atoms with Crippen LogP contribution < -0.4 is 4.74 Å². The van der Waals surface area contributed by atoms with Crippen molar-refractivity contribution in [3.63, 3.8) is 0 Å². The number of aliphatic hydroxyl groups is 1. The van der Waals surface area contributed by atoms with Gasteiger partial charge in [0.05, 0.1) is 48.5 Å². The number of ether oxygens (including phenoxy) is 3. The summed E-state index contributed by atoms with van der Waals surface area (Å²) in [7, 11) is 3.79. The lowest BCUT2D eigenvalue weighted by Crippen LogP contribution is -2.45. The number of aromatic nitrogens is 2. The number of hydrogen-bond donors (Lipinski definition) is 2. The van der Waals surface area contributed by atoms with Crippen LogP contribution in [0.25, 0.3) is 16.6 Å². The molecule has 4 unspecified atom stereocenters. The van der Waals surface area contributed by atoms with Gasteiger partial charge in [0, 0.05) is 17.1 Å². The molecule has 7 nitrogen and oxygen atoms in total. The summed E-state index contributed by atoms with van der Waals surface area (Å²) in [6.45, 7) is 0.182. The predicted octanol–water partition coefficient (Wildman–Crippen LogP) is 3.71. The van der Waals surface area contributed by atoms with Crippen molar-refractivity contribution in [2.45, 2.75) is 18.6 Å². The highest BCUT2D eigenvalue weighted by atomic mass is 16.7. The summed E-state index contributed by atoms with van der Waals surface area (Å²) in [5.74, 6) is 2.91. The largest absolute Gasteiger partial charge is 0.496 e. The van der Waals surface area contributed by atoms with E-state index in [1.165, 1.54) is 5.56 Å². The molecule has 0 bridgehead atoms. The van der Waals surface area contributed by atoms with Crippen molar-refractivity contribution in [2.24, 2.45) is 11.8 Å². The van der Waals surface area contributed by atoms with Crippen molar-refractivity contribution in [1.29, 1.82) is 0 Å². The summed E-state index contributed by atoms with van der Waals surface area (Å²) in [6.07, 6.45) is 10.8. The standard InChI is InChI=1S/C28H26N3O4/c1-31-11-21-17(5-3-16(12-32)27(21)33-2)19-7-6-18-20(26(19)31)10-24-28(35-14-34-24)25(18)15-4-8-22-23(9-15)30-13-29-22/h3-11,13,18-20,26,32H,12,14H2,1-2H3,(H,29,30)/q+1. The number of likely N-dealkylation sites (N-methyl/N-ethyl adjacent to an activating group) is 1. The van der Waals surface area contributed by atoms with Crippen LogP contribution in [0.3, 0.4) is 0 Å². The van der Waals surface area contributed by atoms with Crippen LogP contribution in [0.15, 0.2) is 66.4 Å². The number of aliphatic hydroxyl groups excluding tert-OH is 1. The maximum atomic E-state index is 9.81. The monoisotopic (exact) mass is 468 g/mol. The third-order valence-corrected chi connectivity index (χ3v) is 7.85. The lowest BCUT2D eigenvalue weighted by Gasteiger charge is -2.40. The average molecular weight is 469 g/mol. The second-order valence-corrected chi connectivity index (χ2v) is 9.53. The number of nitrogens with zero attached hydrogens (tertiary/aromatic N) is 2. The average Bonchev–Trinajstić information content (AvgIpc) is 3.55. The number of methoxy groups -OCH3 is 1. The number of allylic oxidation sites excluding steroid dienone is 2. The van der Waals surface area contributed by atoms with Gasteiger partial charge in [-0.15, -0.1) is 0 Å². The summed E-state index contributed by atoms with van der Waals surface area (Å²) in [5, 5.41) is 9.81. The molecule has 4 atom stereocenters. The van der Waals surface area contributed by atoms with Crippen molar-refractivity contribution in [1.82, 2.24) is 9.97 Å². The smallest absolute Gasteiger partial charge is 0.231 e. The van der Waals surface area contributed by atoms with Gasteiger partial charge >= 0.3 is 0 Å².